The SMILES string of the molecule is C[CH-]CC(C)CCCOCOCCCCCCCCC.[Br-].[Mg+2]. The molecule has 0 N–H and O–H groups in total. The Hall–Kier alpha value is 1.17. The van der Waals surface area contributed by atoms with Crippen LogP contribution in [0, 0.1) is 12.3 Å². The Morgan fingerprint density at radius 2 is 1.41 bits per heavy atom. The second-order valence-electron chi connectivity index (χ2n) is 5.95. The van der Waals surface area contributed by atoms with Gasteiger partial charge in [-0.2, -0.15) is 13.3 Å². The van der Waals surface area contributed by atoms with Gasteiger partial charge in [0.25, 0.3) is 0 Å². The molecule has 1 unspecified atom stereocenters. The molecule has 0 saturated heterocycles. The molecule has 1 atom stereocenters. The summed E-state index contributed by atoms with van der Waals surface area (Å²) in [5.74, 6) is 0.789. The molecule has 0 heterocycles. The number of unbranched alkanes of at least 4 members (excludes halogenated alkanes) is 6. The van der Waals surface area contributed by atoms with Gasteiger partial charge in [0.15, 0.2) is 0 Å². The maximum Gasteiger partial charge on any atom is 2.00 e. The first-order chi connectivity index (χ1) is 9.81. The van der Waals surface area contributed by atoms with Gasteiger partial charge in [0.2, 0.25) is 0 Å². The normalized spacial score (nSPS) is 11.6. The van der Waals surface area contributed by atoms with Crippen LogP contribution >= 0.6 is 0 Å². The summed E-state index contributed by atoms with van der Waals surface area (Å²) in [6.45, 7) is 8.86. The molecule has 2 nitrogen and oxygen atoms in total. The molecule has 0 aromatic carbocycles. The minimum Gasteiger partial charge on any atom is -1.00 e. The second kappa shape index (κ2) is 24.4. The molecule has 0 saturated carbocycles. The van der Waals surface area contributed by atoms with E-state index in [1.54, 1.807) is 0 Å². The van der Waals surface area contributed by atoms with E-state index >= 15 is 0 Å². The first-order valence-corrected chi connectivity index (χ1v) is 8.74. The molecule has 0 amide bonds. The van der Waals surface area contributed by atoms with Crippen molar-refractivity contribution in [1.29, 1.82) is 0 Å². The van der Waals surface area contributed by atoms with Crippen LogP contribution in [-0.4, -0.2) is 43.1 Å². The average Bonchev–Trinajstić information content (AvgIpc) is 2.44. The van der Waals surface area contributed by atoms with Gasteiger partial charge < -0.3 is 32.9 Å². The van der Waals surface area contributed by atoms with Crippen molar-refractivity contribution in [2.75, 3.05) is 20.0 Å². The number of hydrogen-bond acceptors (Lipinski definition) is 2. The van der Waals surface area contributed by atoms with Gasteiger partial charge in [-0.3, -0.25) is 0 Å². The molecule has 0 fully saturated rings. The summed E-state index contributed by atoms with van der Waals surface area (Å²) in [4.78, 5) is 0. The van der Waals surface area contributed by atoms with Crippen LogP contribution in [0.25, 0.3) is 0 Å². The summed E-state index contributed by atoms with van der Waals surface area (Å²) in [5, 5.41) is 0. The van der Waals surface area contributed by atoms with Crippen LogP contribution in [0.2, 0.25) is 0 Å². The molecule has 0 aliphatic rings. The fourth-order valence-electron chi connectivity index (χ4n) is 2.39. The van der Waals surface area contributed by atoms with Crippen LogP contribution in [-0.2, 0) is 9.47 Å². The Labute approximate surface area is 166 Å². The molecule has 0 aliphatic carbocycles. The van der Waals surface area contributed by atoms with E-state index in [4.69, 9.17) is 9.47 Å². The van der Waals surface area contributed by atoms with Crippen molar-refractivity contribution in [1.82, 2.24) is 0 Å². The molecule has 4 heteroatoms. The van der Waals surface area contributed by atoms with Crippen LogP contribution in [0.4, 0.5) is 0 Å². The summed E-state index contributed by atoms with van der Waals surface area (Å²) in [7, 11) is 0. The average molecular weight is 390 g/mol. The third kappa shape index (κ3) is 23.4. The summed E-state index contributed by atoms with van der Waals surface area (Å²) in [6.07, 6.45) is 15.2. The zero-order valence-electron chi connectivity index (χ0n) is 15.2. The quantitative estimate of drug-likeness (QED) is 0.175. The molecule has 0 aliphatic heterocycles. The van der Waals surface area contributed by atoms with E-state index in [1.165, 1.54) is 57.8 Å². The maximum atomic E-state index is 5.49. The van der Waals surface area contributed by atoms with Crippen molar-refractivity contribution in [3.63, 3.8) is 0 Å². The van der Waals surface area contributed by atoms with E-state index < -0.39 is 0 Å². The Balaban J connectivity index is -0.00000180. The zero-order valence-corrected chi connectivity index (χ0v) is 18.2. The Morgan fingerprint density at radius 3 is 2.00 bits per heavy atom. The van der Waals surface area contributed by atoms with Crippen molar-refractivity contribution in [3.05, 3.63) is 6.42 Å². The molecule has 0 aromatic heterocycles. The van der Waals surface area contributed by atoms with Gasteiger partial charge in [0, 0.05) is 13.2 Å². The fourth-order valence-corrected chi connectivity index (χ4v) is 2.39. The summed E-state index contributed by atoms with van der Waals surface area (Å²) in [6, 6.07) is 0. The molecule has 0 radical (unpaired) electrons. The largest absolute Gasteiger partial charge is 2.00 e. The predicted octanol–water partition coefficient (Wildman–Crippen LogP) is 2.38. The van der Waals surface area contributed by atoms with Gasteiger partial charge in [0.05, 0.1) is 0 Å². The maximum absolute atomic E-state index is 5.49. The van der Waals surface area contributed by atoms with E-state index in [-0.39, 0.29) is 40.0 Å². The monoisotopic (exact) mass is 388 g/mol. The van der Waals surface area contributed by atoms with E-state index in [9.17, 15) is 0 Å². The fraction of sp³-hybridized carbons (Fsp3) is 0.944. The van der Waals surface area contributed by atoms with Gasteiger partial charge in [-0.05, 0) is 12.8 Å². The van der Waals surface area contributed by atoms with E-state index in [2.05, 4.69) is 27.2 Å². The van der Waals surface area contributed by atoms with Crippen molar-refractivity contribution in [2.24, 2.45) is 5.92 Å². The van der Waals surface area contributed by atoms with E-state index in [1.807, 2.05) is 0 Å². The van der Waals surface area contributed by atoms with Crippen LogP contribution in [0.15, 0.2) is 0 Å². The Kier molecular flexibility index (Phi) is 31.1. The van der Waals surface area contributed by atoms with Crippen LogP contribution < -0.4 is 17.0 Å². The van der Waals surface area contributed by atoms with Crippen molar-refractivity contribution < 1.29 is 26.5 Å². The predicted molar refractivity (Wildman–Crippen MR) is 93.5 cm³/mol. The standard InChI is InChI=1S/C18H37O2.BrH.Mg/c1-4-6-7-8-9-10-11-15-19-17-20-16-12-14-18(3)13-5-2;;/h5,18H,4,6-17H2,1-3H3;1H;/q-1;;+2/p-1. The van der Waals surface area contributed by atoms with Gasteiger partial charge in [-0.1, -0.05) is 64.7 Å². The third-order valence-electron chi connectivity index (χ3n) is 3.68. The number of ether oxygens (including phenoxy) is 2. The smallest absolute Gasteiger partial charge is 1.00 e. The Morgan fingerprint density at radius 1 is 0.864 bits per heavy atom. The van der Waals surface area contributed by atoms with Gasteiger partial charge in [-0.15, -0.1) is 0 Å². The topological polar surface area (TPSA) is 18.5 Å². The first kappa shape index (κ1) is 28.0. The molecule has 130 valence electrons. The van der Waals surface area contributed by atoms with Gasteiger partial charge in [0.1, 0.15) is 6.79 Å². The number of rotatable bonds is 16. The molecular formula is C18H37BrMgO2. The molecule has 22 heavy (non-hydrogen) atoms. The van der Waals surface area contributed by atoms with Gasteiger partial charge in [-0.25, -0.2) is 0 Å². The van der Waals surface area contributed by atoms with Crippen LogP contribution in [0.5, 0.6) is 0 Å². The van der Waals surface area contributed by atoms with Crippen LogP contribution in [0.3, 0.4) is 0 Å². The third-order valence-corrected chi connectivity index (χ3v) is 3.68. The minimum absolute atomic E-state index is 0. The summed E-state index contributed by atoms with van der Waals surface area (Å²) >= 11 is 0. The van der Waals surface area contributed by atoms with E-state index in [0.717, 1.165) is 25.6 Å². The molecular weight excluding hydrogens is 352 g/mol. The summed E-state index contributed by atoms with van der Waals surface area (Å²) < 4.78 is 11.0. The second-order valence-corrected chi connectivity index (χ2v) is 5.95. The number of hydrogen-bond donors (Lipinski definition) is 0. The van der Waals surface area contributed by atoms with Crippen molar-refractivity contribution >= 4 is 23.1 Å². The van der Waals surface area contributed by atoms with Gasteiger partial charge >= 0.3 is 23.1 Å². The molecule has 0 aromatic rings. The van der Waals surface area contributed by atoms with E-state index in [0.29, 0.717) is 6.79 Å². The minimum atomic E-state index is 0. The Bertz CT molecular complexity index is 182. The van der Waals surface area contributed by atoms with Crippen molar-refractivity contribution in [2.45, 2.75) is 85.0 Å². The first-order valence-electron chi connectivity index (χ1n) is 8.74. The summed E-state index contributed by atoms with van der Waals surface area (Å²) in [5.41, 5.74) is 0. The zero-order chi connectivity index (χ0) is 14.9. The molecule has 0 bridgehead atoms. The van der Waals surface area contributed by atoms with Crippen LogP contribution in [0.1, 0.15) is 85.0 Å². The number of halogens is 1. The van der Waals surface area contributed by atoms with Crippen molar-refractivity contribution in [3.8, 4) is 0 Å². The molecule has 0 spiro atoms. The molecule has 0 rings (SSSR count).